The predicted octanol–water partition coefficient (Wildman–Crippen LogP) is 6.51. The lowest BCUT2D eigenvalue weighted by Gasteiger charge is -2.25. The van der Waals surface area contributed by atoms with Crippen LogP contribution >= 0.6 is 11.6 Å². The Morgan fingerprint density at radius 1 is 0.921 bits per heavy atom. The van der Waals surface area contributed by atoms with Gasteiger partial charge in [0.1, 0.15) is 11.6 Å². The van der Waals surface area contributed by atoms with Crippen molar-refractivity contribution >= 4 is 38.9 Å². The summed E-state index contributed by atoms with van der Waals surface area (Å²) in [5, 5.41) is 3.18. The van der Waals surface area contributed by atoms with Crippen molar-refractivity contribution in [2.24, 2.45) is 0 Å². The smallest absolute Gasteiger partial charge is 0.264 e. The lowest BCUT2D eigenvalue weighted by molar-refractivity contribution is -0.118. The maximum atomic E-state index is 13.6. The molecule has 0 heterocycles. The number of carbonyl (C=O) groups excluding carboxylic acids is 1. The van der Waals surface area contributed by atoms with Gasteiger partial charge < -0.3 is 10.1 Å². The van der Waals surface area contributed by atoms with Gasteiger partial charge in [0.05, 0.1) is 17.1 Å². The van der Waals surface area contributed by atoms with E-state index < -0.39 is 21.7 Å². The van der Waals surface area contributed by atoms with E-state index in [1.807, 2.05) is 6.92 Å². The van der Waals surface area contributed by atoms with Gasteiger partial charge in [0, 0.05) is 10.7 Å². The summed E-state index contributed by atoms with van der Waals surface area (Å²) in [6.45, 7) is 3.43. The first kappa shape index (κ1) is 27.2. The second-order valence-corrected chi connectivity index (χ2v) is 11.0. The Morgan fingerprint density at radius 3 is 2.24 bits per heavy atom. The monoisotopic (exact) mass is 552 g/mol. The zero-order valence-electron chi connectivity index (χ0n) is 20.8. The molecule has 0 atom stereocenters. The Hall–Kier alpha value is -3.88. The molecule has 0 saturated heterocycles. The number of rotatable bonds is 9. The zero-order valence-corrected chi connectivity index (χ0v) is 22.4. The van der Waals surface area contributed by atoms with Crippen molar-refractivity contribution in [2.45, 2.75) is 25.3 Å². The second kappa shape index (κ2) is 11.7. The summed E-state index contributed by atoms with van der Waals surface area (Å²) in [6.07, 6.45) is 0. The number of hydrogen-bond acceptors (Lipinski definition) is 4. The molecule has 0 spiro atoms. The number of nitrogens with one attached hydrogen (secondary N) is 1. The molecule has 4 aromatic carbocycles. The van der Waals surface area contributed by atoms with Crippen molar-refractivity contribution in [3.63, 3.8) is 0 Å². The summed E-state index contributed by atoms with van der Waals surface area (Å²) >= 11 is 6.00. The lowest BCUT2D eigenvalue weighted by atomic mass is 10.2. The first-order valence-corrected chi connectivity index (χ1v) is 13.6. The third kappa shape index (κ3) is 6.70. The quantitative estimate of drug-likeness (QED) is 0.257. The number of carbonyl (C=O) groups is 1. The molecule has 0 bridgehead atoms. The number of benzene rings is 4. The van der Waals surface area contributed by atoms with Crippen LogP contribution < -0.4 is 14.4 Å². The number of hydrogen-bond donors (Lipinski definition) is 1. The van der Waals surface area contributed by atoms with E-state index in [2.05, 4.69) is 5.32 Å². The molecule has 0 aliphatic rings. The van der Waals surface area contributed by atoms with Crippen LogP contribution in [0.2, 0.25) is 5.02 Å². The van der Waals surface area contributed by atoms with Gasteiger partial charge in [0.15, 0.2) is 6.61 Å². The Kier molecular flexibility index (Phi) is 8.34. The SMILES string of the molecule is Cc1ccc(S(=O)(=O)N(Cc2ccc(Cl)cc2)c2ccc(OCC(=O)Nc3cc(F)ccc3C)cc2)cc1. The van der Waals surface area contributed by atoms with Crippen LogP contribution in [0.25, 0.3) is 0 Å². The van der Waals surface area contributed by atoms with Crippen LogP contribution in [0.1, 0.15) is 16.7 Å². The highest BCUT2D eigenvalue weighted by Gasteiger charge is 2.25. The fourth-order valence-corrected chi connectivity index (χ4v) is 5.26. The van der Waals surface area contributed by atoms with Gasteiger partial charge in [-0.05, 0) is 85.6 Å². The Labute approximate surface area is 226 Å². The molecule has 0 radical (unpaired) electrons. The van der Waals surface area contributed by atoms with Crippen molar-refractivity contribution in [3.05, 3.63) is 119 Å². The van der Waals surface area contributed by atoms with Crippen LogP contribution in [0, 0.1) is 19.7 Å². The highest BCUT2D eigenvalue weighted by molar-refractivity contribution is 7.92. The van der Waals surface area contributed by atoms with Gasteiger partial charge in [-0.2, -0.15) is 0 Å². The number of ether oxygens (including phenoxy) is 1. The van der Waals surface area contributed by atoms with E-state index in [-0.39, 0.29) is 18.0 Å². The summed E-state index contributed by atoms with van der Waals surface area (Å²) in [4.78, 5) is 12.5. The first-order valence-electron chi connectivity index (χ1n) is 11.7. The number of anilines is 2. The average molecular weight is 553 g/mol. The highest BCUT2D eigenvalue weighted by Crippen LogP contribution is 2.28. The van der Waals surface area contributed by atoms with E-state index in [9.17, 15) is 17.6 Å². The molecule has 9 heteroatoms. The minimum atomic E-state index is -3.90. The third-order valence-corrected chi connectivity index (χ3v) is 7.86. The van der Waals surface area contributed by atoms with Crippen LogP contribution in [0.5, 0.6) is 5.75 Å². The fraction of sp³-hybridized carbons (Fsp3) is 0.138. The molecule has 0 saturated carbocycles. The molecular formula is C29H26ClFN2O4S. The fourth-order valence-electron chi connectivity index (χ4n) is 3.68. The first-order chi connectivity index (χ1) is 18.1. The summed E-state index contributed by atoms with van der Waals surface area (Å²) in [7, 11) is -3.90. The third-order valence-electron chi connectivity index (χ3n) is 5.82. The predicted molar refractivity (Wildman–Crippen MR) is 148 cm³/mol. The standard InChI is InChI=1S/C29H26ClFN2O4S/c1-20-3-15-27(16-4-20)38(35,36)33(18-22-6-8-23(30)9-7-22)25-11-13-26(14-12-25)37-19-29(34)32-28-17-24(31)10-5-21(28)2/h3-17H,18-19H2,1-2H3,(H,32,34). The van der Waals surface area contributed by atoms with Crippen LogP contribution in [-0.2, 0) is 21.4 Å². The summed E-state index contributed by atoms with van der Waals surface area (Å²) in [6, 6.07) is 24.2. The molecular weight excluding hydrogens is 527 g/mol. The van der Waals surface area contributed by atoms with E-state index in [1.165, 1.54) is 16.4 Å². The second-order valence-electron chi connectivity index (χ2n) is 8.74. The molecule has 1 amide bonds. The topological polar surface area (TPSA) is 75.7 Å². The van der Waals surface area contributed by atoms with Crippen LogP contribution in [0.3, 0.4) is 0 Å². The van der Waals surface area contributed by atoms with Gasteiger partial charge in [0.2, 0.25) is 0 Å². The van der Waals surface area contributed by atoms with Crippen LogP contribution in [-0.4, -0.2) is 20.9 Å². The van der Waals surface area contributed by atoms with Gasteiger partial charge in [0.25, 0.3) is 15.9 Å². The van der Waals surface area contributed by atoms with Crippen molar-refractivity contribution in [1.82, 2.24) is 0 Å². The van der Waals surface area contributed by atoms with Crippen LogP contribution in [0.4, 0.5) is 15.8 Å². The summed E-state index contributed by atoms with van der Waals surface area (Å²) in [5.74, 6) is -0.528. The van der Waals surface area contributed by atoms with Gasteiger partial charge in [-0.3, -0.25) is 9.10 Å². The molecule has 6 nitrogen and oxygen atoms in total. The van der Waals surface area contributed by atoms with Gasteiger partial charge in [-0.1, -0.05) is 47.5 Å². The minimum absolute atomic E-state index is 0.0863. The van der Waals surface area contributed by atoms with E-state index >= 15 is 0 Å². The number of nitrogens with zero attached hydrogens (tertiary/aromatic N) is 1. The van der Waals surface area contributed by atoms with Gasteiger partial charge >= 0.3 is 0 Å². The molecule has 0 unspecified atom stereocenters. The van der Waals surface area contributed by atoms with E-state index in [1.54, 1.807) is 85.8 Å². The Morgan fingerprint density at radius 2 is 1.58 bits per heavy atom. The van der Waals surface area contributed by atoms with Crippen molar-refractivity contribution in [2.75, 3.05) is 16.2 Å². The van der Waals surface area contributed by atoms with Gasteiger partial charge in [-0.25, -0.2) is 12.8 Å². The molecule has 0 aromatic heterocycles. The number of halogens is 2. The highest BCUT2D eigenvalue weighted by atomic mass is 35.5. The van der Waals surface area contributed by atoms with Gasteiger partial charge in [-0.15, -0.1) is 0 Å². The summed E-state index contributed by atoms with van der Waals surface area (Å²) < 4.78 is 47.6. The zero-order chi connectivity index (χ0) is 27.3. The van der Waals surface area contributed by atoms with Crippen molar-refractivity contribution < 1.29 is 22.3 Å². The minimum Gasteiger partial charge on any atom is -0.484 e. The van der Waals surface area contributed by atoms with Crippen molar-refractivity contribution in [1.29, 1.82) is 0 Å². The number of sulfonamides is 1. The molecule has 0 aliphatic carbocycles. The maximum absolute atomic E-state index is 13.6. The molecule has 38 heavy (non-hydrogen) atoms. The number of aryl methyl sites for hydroxylation is 2. The lowest BCUT2D eigenvalue weighted by Crippen LogP contribution is -2.30. The molecule has 196 valence electrons. The normalized spacial score (nSPS) is 11.2. The number of amides is 1. The Balaban J connectivity index is 1.52. The summed E-state index contributed by atoms with van der Waals surface area (Å²) in [5.41, 5.74) is 3.22. The molecule has 0 aliphatic heterocycles. The van der Waals surface area contributed by atoms with E-state index in [0.717, 1.165) is 16.7 Å². The maximum Gasteiger partial charge on any atom is 0.264 e. The average Bonchev–Trinajstić information content (AvgIpc) is 2.90. The van der Waals surface area contributed by atoms with E-state index in [0.29, 0.717) is 22.1 Å². The largest absolute Gasteiger partial charge is 0.484 e. The molecule has 0 fully saturated rings. The molecule has 1 N–H and O–H groups in total. The molecule has 4 aromatic rings. The van der Waals surface area contributed by atoms with Crippen LogP contribution in [0.15, 0.2) is 95.9 Å². The van der Waals surface area contributed by atoms with Crippen molar-refractivity contribution in [3.8, 4) is 5.75 Å². The molecule has 4 rings (SSSR count). The van der Waals surface area contributed by atoms with E-state index in [4.69, 9.17) is 16.3 Å². The Bertz CT molecular complexity index is 1520.